The summed E-state index contributed by atoms with van der Waals surface area (Å²) in [5, 5.41) is 11.4. The van der Waals surface area contributed by atoms with E-state index in [2.05, 4.69) is 51.2 Å². The quantitative estimate of drug-likeness (QED) is 0.353. The SMILES string of the molecule is c1ccc(-c2csc3nc(CN4CCOCC4)nc(NCc4cnn(-c5ccccc5)c4)c23)cc1. The normalized spacial score (nSPS) is 14.4. The minimum Gasteiger partial charge on any atom is -0.379 e. The molecule has 3 aromatic heterocycles. The third-order valence-electron chi connectivity index (χ3n) is 6.15. The van der Waals surface area contributed by atoms with Crippen molar-refractivity contribution in [1.82, 2.24) is 24.6 Å². The van der Waals surface area contributed by atoms with E-state index >= 15 is 0 Å². The standard InChI is InChI=1S/C27H26N6OS/c1-3-7-21(8-4-1)23-19-35-27-25(23)26(30-24(31-27)18-32-11-13-34-14-12-32)28-15-20-16-29-33(17-20)22-9-5-2-6-10-22/h1-10,16-17,19H,11-15,18H2,(H,28,30,31). The zero-order valence-corrected chi connectivity index (χ0v) is 20.1. The first-order valence-electron chi connectivity index (χ1n) is 11.8. The number of fused-ring (bicyclic) bond motifs is 1. The van der Waals surface area contributed by atoms with Gasteiger partial charge in [0.2, 0.25) is 0 Å². The number of nitrogens with one attached hydrogen (secondary N) is 1. The molecule has 176 valence electrons. The van der Waals surface area contributed by atoms with E-state index in [1.54, 1.807) is 11.3 Å². The Balaban J connectivity index is 1.32. The summed E-state index contributed by atoms with van der Waals surface area (Å²) in [7, 11) is 0. The third-order valence-corrected chi connectivity index (χ3v) is 7.02. The fourth-order valence-corrected chi connectivity index (χ4v) is 5.30. The molecule has 0 unspecified atom stereocenters. The Morgan fingerprint density at radius 3 is 2.51 bits per heavy atom. The number of morpholine rings is 1. The van der Waals surface area contributed by atoms with Crippen molar-refractivity contribution in [3.05, 3.63) is 89.8 Å². The van der Waals surface area contributed by atoms with Gasteiger partial charge in [-0.1, -0.05) is 48.5 Å². The molecule has 1 saturated heterocycles. The fraction of sp³-hybridized carbons (Fsp3) is 0.222. The van der Waals surface area contributed by atoms with Crippen molar-refractivity contribution in [2.24, 2.45) is 0 Å². The van der Waals surface area contributed by atoms with Gasteiger partial charge in [-0.3, -0.25) is 4.90 Å². The molecule has 0 saturated carbocycles. The average Bonchev–Trinajstić information content (AvgIpc) is 3.57. The van der Waals surface area contributed by atoms with Gasteiger partial charge in [0.25, 0.3) is 0 Å². The number of thiophene rings is 1. The lowest BCUT2D eigenvalue weighted by atomic mass is 10.1. The Morgan fingerprint density at radius 2 is 1.71 bits per heavy atom. The van der Waals surface area contributed by atoms with E-state index in [1.165, 1.54) is 5.56 Å². The first-order valence-corrected chi connectivity index (χ1v) is 12.7. The molecule has 0 spiro atoms. The van der Waals surface area contributed by atoms with Crippen LogP contribution in [-0.2, 0) is 17.8 Å². The predicted octanol–water partition coefficient (Wildman–Crippen LogP) is 4.99. The minimum absolute atomic E-state index is 0.625. The molecule has 35 heavy (non-hydrogen) atoms. The van der Waals surface area contributed by atoms with Crippen LogP contribution in [0.3, 0.4) is 0 Å². The molecule has 5 aromatic rings. The summed E-state index contributed by atoms with van der Waals surface area (Å²) < 4.78 is 7.40. The Hall–Kier alpha value is -3.59. The monoisotopic (exact) mass is 482 g/mol. The molecule has 1 aliphatic rings. The highest BCUT2D eigenvalue weighted by atomic mass is 32.1. The van der Waals surface area contributed by atoms with Crippen LogP contribution < -0.4 is 5.32 Å². The number of hydrogen-bond acceptors (Lipinski definition) is 7. The molecule has 1 fully saturated rings. The zero-order valence-electron chi connectivity index (χ0n) is 19.3. The van der Waals surface area contributed by atoms with Crippen LogP contribution in [0.1, 0.15) is 11.4 Å². The molecule has 1 N–H and O–H groups in total. The number of benzene rings is 2. The van der Waals surface area contributed by atoms with Gasteiger partial charge in [0, 0.05) is 42.3 Å². The summed E-state index contributed by atoms with van der Waals surface area (Å²) in [6, 6.07) is 20.6. The topological polar surface area (TPSA) is 68.1 Å². The number of aromatic nitrogens is 4. The predicted molar refractivity (Wildman–Crippen MR) is 140 cm³/mol. The molecule has 0 amide bonds. The number of nitrogens with zero attached hydrogens (tertiary/aromatic N) is 5. The van der Waals surface area contributed by atoms with E-state index in [4.69, 9.17) is 14.7 Å². The Labute approximate surface area is 208 Å². The van der Waals surface area contributed by atoms with Crippen LogP contribution in [0.15, 0.2) is 78.4 Å². The summed E-state index contributed by atoms with van der Waals surface area (Å²) in [5.74, 6) is 1.70. The second-order valence-electron chi connectivity index (χ2n) is 8.55. The summed E-state index contributed by atoms with van der Waals surface area (Å²) in [5.41, 5.74) is 4.46. The summed E-state index contributed by atoms with van der Waals surface area (Å²) in [6.07, 6.45) is 3.96. The van der Waals surface area contributed by atoms with Crippen molar-refractivity contribution in [1.29, 1.82) is 0 Å². The first-order chi connectivity index (χ1) is 17.3. The highest BCUT2D eigenvalue weighted by Crippen LogP contribution is 2.37. The van der Waals surface area contributed by atoms with Crippen LogP contribution in [0, 0.1) is 0 Å². The maximum atomic E-state index is 5.50. The molecule has 0 aliphatic carbocycles. The average molecular weight is 483 g/mol. The second-order valence-corrected chi connectivity index (χ2v) is 9.41. The lowest BCUT2D eigenvalue weighted by Crippen LogP contribution is -2.36. The summed E-state index contributed by atoms with van der Waals surface area (Å²) in [4.78, 5) is 13.3. The van der Waals surface area contributed by atoms with E-state index in [0.717, 1.165) is 71.5 Å². The number of rotatable bonds is 7. The number of ether oxygens (including phenoxy) is 1. The lowest BCUT2D eigenvalue weighted by molar-refractivity contribution is 0.0331. The highest BCUT2D eigenvalue weighted by Gasteiger charge is 2.18. The molecule has 1 aliphatic heterocycles. The first kappa shape index (κ1) is 21.9. The fourth-order valence-electron chi connectivity index (χ4n) is 4.33. The molecule has 6 rings (SSSR count). The summed E-state index contributed by atoms with van der Waals surface area (Å²) >= 11 is 1.67. The molecule has 4 heterocycles. The minimum atomic E-state index is 0.625. The van der Waals surface area contributed by atoms with Crippen molar-refractivity contribution in [2.75, 3.05) is 31.6 Å². The lowest BCUT2D eigenvalue weighted by Gasteiger charge is -2.25. The van der Waals surface area contributed by atoms with Crippen molar-refractivity contribution < 1.29 is 4.74 Å². The Kier molecular flexibility index (Phi) is 6.23. The zero-order chi connectivity index (χ0) is 23.5. The highest BCUT2D eigenvalue weighted by molar-refractivity contribution is 7.17. The van der Waals surface area contributed by atoms with E-state index in [9.17, 15) is 0 Å². The van der Waals surface area contributed by atoms with Crippen molar-refractivity contribution in [3.63, 3.8) is 0 Å². The number of hydrogen-bond donors (Lipinski definition) is 1. The van der Waals surface area contributed by atoms with Crippen LogP contribution in [0.4, 0.5) is 5.82 Å². The maximum Gasteiger partial charge on any atom is 0.146 e. The van der Waals surface area contributed by atoms with Gasteiger partial charge in [-0.25, -0.2) is 14.6 Å². The maximum absolute atomic E-state index is 5.50. The third kappa shape index (κ3) is 4.81. The Bertz CT molecular complexity index is 1410. The van der Waals surface area contributed by atoms with Gasteiger partial charge in [0.05, 0.1) is 37.0 Å². The van der Waals surface area contributed by atoms with Crippen LogP contribution >= 0.6 is 11.3 Å². The molecule has 0 bridgehead atoms. The van der Waals surface area contributed by atoms with E-state index < -0.39 is 0 Å². The summed E-state index contributed by atoms with van der Waals surface area (Å²) in [6.45, 7) is 4.68. The van der Waals surface area contributed by atoms with Crippen molar-refractivity contribution in [2.45, 2.75) is 13.1 Å². The van der Waals surface area contributed by atoms with Gasteiger partial charge >= 0.3 is 0 Å². The van der Waals surface area contributed by atoms with E-state index in [0.29, 0.717) is 6.54 Å². The number of anilines is 1. The number of para-hydroxylation sites is 1. The van der Waals surface area contributed by atoms with Gasteiger partial charge in [-0.2, -0.15) is 5.10 Å². The van der Waals surface area contributed by atoms with Crippen LogP contribution in [0.2, 0.25) is 0 Å². The molecule has 0 atom stereocenters. The van der Waals surface area contributed by atoms with Gasteiger partial charge < -0.3 is 10.1 Å². The van der Waals surface area contributed by atoms with Crippen LogP contribution in [-0.4, -0.2) is 51.0 Å². The smallest absolute Gasteiger partial charge is 0.146 e. The van der Waals surface area contributed by atoms with Gasteiger partial charge in [-0.05, 0) is 17.7 Å². The largest absolute Gasteiger partial charge is 0.379 e. The van der Waals surface area contributed by atoms with Crippen LogP contribution in [0.25, 0.3) is 27.0 Å². The second kappa shape index (κ2) is 9.95. The molecule has 0 radical (unpaired) electrons. The molecular weight excluding hydrogens is 456 g/mol. The molecule has 7 nitrogen and oxygen atoms in total. The van der Waals surface area contributed by atoms with Crippen molar-refractivity contribution in [3.8, 4) is 16.8 Å². The van der Waals surface area contributed by atoms with Crippen molar-refractivity contribution >= 4 is 27.4 Å². The van der Waals surface area contributed by atoms with Gasteiger partial charge in [0.15, 0.2) is 0 Å². The molecular formula is C27H26N6OS. The van der Waals surface area contributed by atoms with E-state index in [1.807, 2.05) is 47.3 Å². The molecule has 8 heteroatoms. The van der Waals surface area contributed by atoms with Gasteiger partial charge in [-0.15, -0.1) is 11.3 Å². The molecule has 2 aromatic carbocycles. The van der Waals surface area contributed by atoms with Gasteiger partial charge in [0.1, 0.15) is 16.5 Å². The van der Waals surface area contributed by atoms with Crippen LogP contribution in [0.5, 0.6) is 0 Å². The Morgan fingerprint density at radius 1 is 0.943 bits per heavy atom. The van der Waals surface area contributed by atoms with E-state index in [-0.39, 0.29) is 0 Å².